The summed E-state index contributed by atoms with van der Waals surface area (Å²) in [6.45, 7) is 0. The van der Waals surface area contributed by atoms with Crippen LogP contribution in [0.4, 0.5) is 20.2 Å². The van der Waals surface area contributed by atoms with E-state index in [0.717, 1.165) is 12.1 Å². The minimum absolute atomic E-state index is 0.249. The minimum atomic E-state index is -1.10. The molecule has 2 rings (SSSR count). The molecule has 0 aliphatic rings. The van der Waals surface area contributed by atoms with E-state index in [-0.39, 0.29) is 16.4 Å². The first-order valence-corrected chi connectivity index (χ1v) is 6.17. The third-order valence-electron chi connectivity index (χ3n) is 2.51. The van der Waals surface area contributed by atoms with Crippen molar-refractivity contribution >= 4 is 34.8 Å². The zero-order valence-corrected chi connectivity index (χ0v) is 11.2. The van der Waals surface area contributed by atoms with Gasteiger partial charge in [0.05, 0.1) is 16.4 Å². The molecule has 0 aliphatic heterocycles. The van der Waals surface area contributed by atoms with E-state index >= 15 is 0 Å². The Kier molecular flexibility index (Phi) is 4.49. The second-order valence-corrected chi connectivity index (χ2v) is 4.42. The molecule has 2 N–H and O–H groups in total. The topological polar surface area (TPSA) is 58.2 Å². The van der Waals surface area contributed by atoms with Crippen LogP contribution in [0.25, 0.3) is 0 Å². The number of nitrogens with one attached hydrogen (secondary N) is 2. The van der Waals surface area contributed by atoms with Crippen LogP contribution >= 0.6 is 11.6 Å². The highest BCUT2D eigenvalue weighted by Crippen LogP contribution is 2.20. The Hall–Kier alpha value is -2.47. The lowest BCUT2D eigenvalue weighted by atomic mass is 10.3. The molecule has 0 fully saturated rings. The number of rotatable bonds is 2. The first kappa shape index (κ1) is 14.9. The van der Waals surface area contributed by atoms with Gasteiger partial charge < -0.3 is 10.6 Å². The van der Waals surface area contributed by atoms with Gasteiger partial charge in [0, 0.05) is 6.07 Å². The molecule has 0 aromatic heterocycles. The van der Waals surface area contributed by atoms with Crippen LogP contribution in [-0.2, 0) is 9.59 Å². The predicted molar refractivity (Wildman–Crippen MR) is 75.1 cm³/mol. The number of hydrogen-bond acceptors (Lipinski definition) is 2. The third-order valence-corrected chi connectivity index (χ3v) is 2.84. The monoisotopic (exact) mass is 310 g/mol. The van der Waals surface area contributed by atoms with Crippen LogP contribution in [0.1, 0.15) is 0 Å². The van der Waals surface area contributed by atoms with Crippen LogP contribution < -0.4 is 10.6 Å². The SMILES string of the molecule is O=C(Nc1ccc(F)cc1F)C(=O)Nc1ccccc1Cl. The van der Waals surface area contributed by atoms with Crippen molar-refractivity contribution in [2.75, 3.05) is 10.6 Å². The van der Waals surface area contributed by atoms with Gasteiger partial charge in [-0.05, 0) is 24.3 Å². The number of carbonyl (C=O) groups is 2. The van der Waals surface area contributed by atoms with Gasteiger partial charge in [-0.1, -0.05) is 23.7 Å². The fourth-order valence-electron chi connectivity index (χ4n) is 1.51. The molecule has 0 radical (unpaired) electrons. The quantitative estimate of drug-likeness (QED) is 0.837. The Morgan fingerprint density at radius 1 is 0.905 bits per heavy atom. The molecule has 2 amide bonds. The van der Waals surface area contributed by atoms with Gasteiger partial charge in [0.2, 0.25) is 0 Å². The molecule has 7 heteroatoms. The minimum Gasteiger partial charge on any atom is -0.316 e. The molecule has 0 spiro atoms. The van der Waals surface area contributed by atoms with E-state index in [1.165, 1.54) is 12.1 Å². The molecular formula is C14H9ClF2N2O2. The van der Waals surface area contributed by atoms with Gasteiger partial charge in [-0.15, -0.1) is 0 Å². The highest BCUT2D eigenvalue weighted by Gasteiger charge is 2.17. The van der Waals surface area contributed by atoms with Gasteiger partial charge in [0.15, 0.2) is 0 Å². The fourth-order valence-corrected chi connectivity index (χ4v) is 1.69. The van der Waals surface area contributed by atoms with Crippen molar-refractivity contribution in [1.82, 2.24) is 0 Å². The van der Waals surface area contributed by atoms with E-state index in [1.54, 1.807) is 12.1 Å². The van der Waals surface area contributed by atoms with Crippen LogP contribution in [0.3, 0.4) is 0 Å². The van der Waals surface area contributed by atoms with Gasteiger partial charge in [-0.2, -0.15) is 0 Å². The van der Waals surface area contributed by atoms with Crippen molar-refractivity contribution in [3.05, 3.63) is 59.1 Å². The van der Waals surface area contributed by atoms with E-state index in [1.807, 2.05) is 5.32 Å². The van der Waals surface area contributed by atoms with Gasteiger partial charge in [0.25, 0.3) is 0 Å². The second kappa shape index (κ2) is 6.32. The van der Waals surface area contributed by atoms with Gasteiger partial charge >= 0.3 is 11.8 Å². The Morgan fingerprint density at radius 2 is 1.52 bits per heavy atom. The summed E-state index contributed by atoms with van der Waals surface area (Å²) in [5, 5.41) is 4.58. The molecule has 2 aromatic carbocycles. The summed E-state index contributed by atoms with van der Waals surface area (Å²) in [6.07, 6.45) is 0. The first-order valence-electron chi connectivity index (χ1n) is 5.79. The van der Waals surface area contributed by atoms with Crippen LogP contribution in [0.5, 0.6) is 0 Å². The number of anilines is 2. The molecule has 2 aromatic rings. The normalized spacial score (nSPS) is 10.0. The Labute approximate surface area is 123 Å². The van der Waals surface area contributed by atoms with Gasteiger partial charge in [-0.25, -0.2) is 8.78 Å². The third kappa shape index (κ3) is 3.76. The van der Waals surface area contributed by atoms with E-state index in [2.05, 4.69) is 5.32 Å². The van der Waals surface area contributed by atoms with Crippen molar-refractivity contribution in [2.24, 2.45) is 0 Å². The van der Waals surface area contributed by atoms with E-state index < -0.39 is 23.4 Å². The standard InChI is InChI=1S/C14H9ClF2N2O2/c15-9-3-1-2-4-11(9)18-13(20)14(21)19-12-6-5-8(16)7-10(12)17/h1-7H,(H,18,20)(H,19,21). The summed E-state index contributed by atoms with van der Waals surface area (Å²) < 4.78 is 26.1. The van der Waals surface area contributed by atoms with Crippen LogP contribution in [0.2, 0.25) is 5.02 Å². The molecule has 0 saturated heterocycles. The van der Waals surface area contributed by atoms with Crippen molar-refractivity contribution in [1.29, 1.82) is 0 Å². The van der Waals surface area contributed by atoms with Crippen LogP contribution in [-0.4, -0.2) is 11.8 Å². The zero-order chi connectivity index (χ0) is 15.4. The molecule has 4 nitrogen and oxygen atoms in total. The van der Waals surface area contributed by atoms with Crippen LogP contribution in [0, 0.1) is 11.6 Å². The number of carbonyl (C=O) groups excluding carboxylic acids is 2. The van der Waals surface area contributed by atoms with Crippen molar-refractivity contribution in [3.8, 4) is 0 Å². The molecular weight excluding hydrogens is 302 g/mol. The molecule has 0 saturated carbocycles. The zero-order valence-electron chi connectivity index (χ0n) is 10.5. The van der Waals surface area contributed by atoms with Gasteiger partial charge in [0.1, 0.15) is 11.6 Å². The second-order valence-electron chi connectivity index (χ2n) is 4.01. The lowest BCUT2D eigenvalue weighted by molar-refractivity contribution is -0.133. The van der Waals surface area contributed by atoms with Crippen molar-refractivity contribution in [3.63, 3.8) is 0 Å². The summed E-state index contributed by atoms with van der Waals surface area (Å²) in [4.78, 5) is 23.3. The molecule has 0 heterocycles. The highest BCUT2D eigenvalue weighted by atomic mass is 35.5. The van der Waals surface area contributed by atoms with Crippen molar-refractivity contribution in [2.45, 2.75) is 0 Å². The molecule has 108 valence electrons. The number of halogens is 3. The fraction of sp³-hybridized carbons (Fsp3) is 0. The van der Waals surface area contributed by atoms with Crippen molar-refractivity contribution < 1.29 is 18.4 Å². The Balaban J connectivity index is 2.06. The molecule has 0 unspecified atom stereocenters. The predicted octanol–water partition coefficient (Wildman–Crippen LogP) is 3.20. The van der Waals surface area contributed by atoms with E-state index in [4.69, 9.17) is 11.6 Å². The molecule has 0 atom stereocenters. The van der Waals surface area contributed by atoms with E-state index in [0.29, 0.717) is 6.07 Å². The number of hydrogen-bond donors (Lipinski definition) is 2. The Bertz CT molecular complexity index is 707. The highest BCUT2D eigenvalue weighted by molar-refractivity contribution is 6.44. The lowest BCUT2D eigenvalue weighted by Crippen LogP contribution is -2.29. The number of amides is 2. The molecule has 0 aliphatic carbocycles. The maximum absolute atomic E-state index is 13.4. The first-order chi connectivity index (χ1) is 9.97. The summed E-state index contributed by atoms with van der Waals surface area (Å²) >= 11 is 5.83. The largest absolute Gasteiger partial charge is 0.316 e. The van der Waals surface area contributed by atoms with Crippen LogP contribution in [0.15, 0.2) is 42.5 Å². The molecule has 0 bridgehead atoms. The maximum Gasteiger partial charge on any atom is 0.314 e. The summed E-state index contributed by atoms with van der Waals surface area (Å²) in [6, 6.07) is 8.91. The Morgan fingerprint density at radius 3 is 2.14 bits per heavy atom. The smallest absolute Gasteiger partial charge is 0.314 e. The summed E-state index contributed by atoms with van der Waals surface area (Å²) in [7, 11) is 0. The summed E-state index contributed by atoms with van der Waals surface area (Å²) in [5.74, 6) is -3.88. The lowest BCUT2D eigenvalue weighted by Gasteiger charge is -2.08. The number of para-hydroxylation sites is 1. The summed E-state index contributed by atoms with van der Waals surface area (Å²) in [5.41, 5.74) is -0.0467. The van der Waals surface area contributed by atoms with E-state index in [9.17, 15) is 18.4 Å². The van der Waals surface area contributed by atoms with Gasteiger partial charge in [-0.3, -0.25) is 9.59 Å². The average molecular weight is 311 g/mol. The molecule has 21 heavy (non-hydrogen) atoms. The average Bonchev–Trinajstić information content (AvgIpc) is 2.44. The maximum atomic E-state index is 13.4. The number of benzene rings is 2.